The summed E-state index contributed by atoms with van der Waals surface area (Å²) < 4.78 is 18.3. The molecule has 0 radical (unpaired) electrons. The third-order valence-electron chi connectivity index (χ3n) is 2.50. The zero-order valence-electron chi connectivity index (χ0n) is 11.1. The first-order chi connectivity index (χ1) is 9.52. The van der Waals surface area contributed by atoms with Crippen LogP contribution in [0.5, 0.6) is 0 Å². The molecular weight excluding hydrogens is 265 g/mol. The van der Waals surface area contributed by atoms with Crippen LogP contribution in [0.15, 0.2) is 24.3 Å². The Morgan fingerprint density at radius 2 is 2.20 bits per heavy atom. The third kappa shape index (κ3) is 5.62. The molecule has 0 aliphatic carbocycles. The van der Waals surface area contributed by atoms with Gasteiger partial charge in [0, 0.05) is 31.7 Å². The minimum absolute atomic E-state index is 0.0448. The van der Waals surface area contributed by atoms with Gasteiger partial charge in [-0.2, -0.15) is 0 Å². The van der Waals surface area contributed by atoms with Crippen molar-refractivity contribution in [3.63, 3.8) is 0 Å². The van der Waals surface area contributed by atoms with E-state index in [2.05, 4.69) is 5.32 Å². The fourth-order valence-corrected chi connectivity index (χ4v) is 1.48. The number of halogens is 1. The van der Waals surface area contributed by atoms with Crippen LogP contribution in [0.4, 0.5) is 4.39 Å². The Hall–Kier alpha value is -2.21. The Morgan fingerprint density at radius 3 is 2.85 bits per heavy atom. The molecule has 0 spiro atoms. The fourth-order valence-electron chi connectivity index (χ4n) is 1.48. The van der Waals surface area contributed by atoms with Gasteiger partial charge in [-0.15, -0.1) is 0 Å². The summed E-state index contributed by atoms with van der Waals surface area (Å²) in [7, 11) is 1.49. The summed E-state index contributed by atoms with van der Waals surface area (Å²) in [5.74, 6) is -1.77. The smallest absolute Gasteiger partial charge is 0.328 e. The van der Waals surface area contributed by atoms with Crippen molar-refractivity contribution in [1.29, 1.82) is 0 Å². The van der Waals surface area contributed by atoms with Crippen molar-refractivity contribution >= 4 is 18.0 Å². The maximum absolute atomic E-state index is 13.6. The third-order valence-corrected chi connectivity index (χ3v) is 2.50. The zero-order chi connectivity index (χ0) is 15.0. The molecule has 0 atom stereocenters. The molecule has 1 aromatic rings. The lowest BCUT2D eigenvalue weighted by Gasteiger charge is -2.07. The molecule has 108 valence electrons. The van der Waals surface area contributed by atoms with Gasteiger partial charge < -0.3 is 15.2 Å². The Labute approximate surface area is 116 Å². The van der Waals surface area contributed by atoms with Gasteiger partial charge in [0.05, 0.1) is 6.61 Å². The van der Waals surface area contributed by atoms with Gasteiger partial charge in [-0.25, -0.2) is 9.18 Å². The van der Waals surface area contributed by atoms with Crippen LogP contribution in [0, 0.1) is 5.82 Å². The summed E-state index contributed by atoms with van der Waals surface area (Å²) in [4.78, 5) is 21.8. The van der Waals surface area contributed by atoms with Gasteiger partial charge in [0.15, 0.2) is 0 Å². The minimum atomic E-state index is -1.08. The van der Waals surface area contributed by atoms with E-state index in [4.69, 9.17) is 9.84 Å². The maximum Gasteiger partial charge on any atom is 0.328 e. The van der Waals surface area contributed by atoms with Gasteiger partial charge in [-0.3, -0.25) is 4.79 Å². The van der Waals surface area contributed by atoms with E-state index in [1.165, 1.54) is 31.4 Å². The minimum Gasteiger partial charge on any atom is -0.478 e. The number of carboxylic acid groups (broad SMARTS) is 1. The Balaban J connectivity index is 2.67. The molecule has 0 aliphatic heterocycles. The van der Waals surface area contributed by atoms with E-state index in [1.54, 1.807) is 0 Å². The molecule has 1 aromatic carbocycles. The SMILES string of the molecule is COCCC(=O)NCc1cc(C=CC(=O)O)ccc1F. The second-order valence-electron chi connectivity index (χ2n) is 4.04. The summed E-state index contributed by atoms with van der Waals surface area (Å²) in [6.45, 7) is 0.346. The second-order valence-corrected chi connectivity index (χ2v) is 4.04. The quantitative estimate of drug-likeness (QED) is 0.744. The average molecular weight is 281 g/mol. The van der Waals surface area contributed by atoms with Crippen LogP contribution in [0.3, 0.4) is 0 Å². The van der Waals surface area contributed by atoms with Crippen molar-refractivity contribution in [3.8, 4) is 0 Å². The molecule has 1 rings (SSSR count). The number of benzene rings is 1. The van der Waals surface area contributed by atoms with Crippen molar-refractivity contribution in [2.75, 3.05) is 13.7 Å². The highest BCUT2D eigenvalue weighted by Gasteiger charge is 2.05. The normalized spacial score (nSPS) is 10.7. The fraction of sp³-hybridized carbons (Fsp3) is 0.286. The summed E-state index contributed by atoms with van der Waals surface area (Å²) >= 11 is 0. The summed E-state index contributed by atoms with van der Waals surface area (Å²) in [5, 5.41) is 11.1. The number of amides is 1. The van der Waals surface area contributed by atoms with E-state index >= 15 is 0 Å². The van der Waals surface area contributed by atoms with Crippen molar-refractivity contribution in [3.05, 3.63) is 41.2 Å². The van der Waals surface area contributed by atoms with Gasteiger partial charge in [-0.1, -0.05) is 6.07 Å². The molecule has 0 heterocycles. The number of carbonyl (C=O) groups is 2. The highest BCUT2D eigenvalue weighted by molar-refractivity contribution is 5.85. The predicted molar refractivity (Wildman–Crippen MR) is 71.4 cm³/mol. The molecule has 0 saturated heterocycles. The molecule has 0 fully saturated rings. The topological polar surface area (TPSA) is 75.6 Å². The summed E-state index contributed by atoms with van der Waals surface area (Å²) in [5.41, 5.74) is 0.846. The summed E-state index contributed by atoms with van der Waals surface area (Å²) in [6.07, 6.45) is 2.53. The largest absolute Gasteiger partial charge is 0.478 e. The molecule has 1 amide bonds. The van der Waals surface area contributed by atoms with E-state index in [1.807, 2.05) is 0 Å². The van der Waals surface area contributed by atoms with Gasteiger partial charge in [0.2, 0.25) is 5.91 Å². The molecule has 0 aliphatic rings. The van der Waals surface area contributed by atoms with Gasteiger partial charge in [0.25, 0.3) is 0 Å². The highest BCUT2D eigenvalue weighted by Crippen LogP contribution is 2.12. The second kappa shape index (κ2) is 8.06. The van der Waals surface area contributed by atoms with Gasteiger partial charge in [0.1, 0.15) is 5.82 Å². The lowest BCUT2D eigenvalue weighted by molar-refractivity contribution is -0.131. The standard InChI is InChI=1S/C14H16FNO4/c1-20-7-6-13(17)16-9-11-8-10(2-4-12(11)15)3-5-14(18)19/h2-5,8H,6-7,9H2,1H3,(H,16,17)(H,18,19). The lowest BCUT2D eigenvalue weighted by Crippen LogP contribution is -2.24. The van der Waals surface area contributed by atoms with Crippen molar-refractivity contribution in [2.24, 2.45) is 0 Å². The highest BCUT2D eigenvalue weighted by atomic mass is 19.1. The number of nitrogens with one attached hydrogen (secondary N) is 1. The van der Waals surface area contributed by atoms with E-state index in [0.29, 0.717) is 17.7 Å². The number of rotatable bonds is 7. The van der Waals surface area contributed by atoms with Crippen LogP contribution < -0.4 is 5.32 Å². The first-order valence-electron chi connectivity index (χ1n) is 5.98. The van der Waals surface area contributed by atoms with Crippen LogP contribution >= 0.6 is 0 Å². The number of aliphatic carboxylic acids is 1. The Bertz CT molecular complexity index is 514. The number of ether oxygens (including phenoxy) is 1. The Kier molecular flexibility index (Phi) is 6.39. The first kappa shape index (κ1) is 15.8. The molecule has 5 nitrogen and oxygen atoms in total. The predicted octanol–water partition coefficient (Wildman–Crippen LogP) is 1.58. The molecule has 0 aromatic heterocycles. The number of hydrogen-bond donors (Lipinski definition) is 2. The zero-order valence-corrected chi connectivity index (χ0v) is 11.1. The number of carboxylic acids is 1. The Morgan fingerprint density at radius 1 is 1.45 bits per heavy atom. The number of methoxy groups -OCH3 is 1. The van der Waals surface area contributed by atoms with Crippen molar-refractivity contribution < 1.29 is 23.8 Å². The lowest BCUT2D eigenvalue weighted by atomic mass is 10.1. The van der Waals surface area contributed by atoms with E-state index in [-0.39, 0.29) is 18.9 Å². The molecule has 2 N–H and O–H groups in total. The van der Waals surface area contributed by atoms with Crippen molar-refractivity contribution in [1.82, 2.24) is 5.32 Å². The van der Waals surface area contributed by atoms with Crippen LogP contribution in [0.25, 0.3) is 6.08 Å². The number of hydrogen-bond acceptors (Lipinski definition) is 3. The monoisotopic (exact) mass is 281 g/mol. The average Bonchev–Trinajstić information content (AvgIpc) is 2.42. The van der Waals surface area contributed by atoms with Gasteiger partial charge in [-0.05, 0) is 23.8 Å². The molecular formula is C14H16FNO4. The van der Waals surface area contributed by atoms with E-state index < -0.39 is 11.8 Å². The first-order valence-corrected chi connectivity index (χ1v) is 5.98. The van der Waals surface area contributed by atoms with E-state index in [0.717, 1.165) is 6.08 Å². The molecule has 20 heavy (non-hydrogen) atoms. The summed E-state index contributed by atoms with van der Waals surface area (Å²) in [6, 6.07) is 4.19. The number of carbonyl (C=O) groups excluding carboxylic acids is 1. The van der Waals surface area contributed by atoms with E-state index in [9.17, 15) is 14.0 Å². The van der Waals surface area contributed by atoms with Crippen LogP contribution in [0.1, 0.15) is 17.5 Å². The van der Waals surface area contributed by atoms with Gasteiger partial charge >= 0.3 is 5.97 Å². The molecule has 0 saturated carbocycles. The van der Waals surface area contributed by atoms with Crippen LogP contribution in [-0.2, 0) is 20.9 Å². The van der Waals surface area contributed by atoms with Crippen molar-refractivity contribution in [2.45, 2.75) is 13.0 Å². The van der Waals surface area contributed by atoms with Crippen LogP contribution in [-0.4, -0.2) is 30.7 Å². The molecule has 0 unspecified atom stereocenters. The molecule has 0 bridgehead atoms. The van der Waals surface area contributed by atoms with Crippen LogP contribution in [0.2, 0.25) is 0 Å². The molecule has 6 heteroatoms. The maximum atomic E-state index is 13.6.